The Bertz CT molecular complexity index is 619. The number of benzene rings is 1. The van der Waals surface area contributed by atoms with Gasteiger partial charge in [-0.1, -0.05) is 34.8 Å². The van der Waals surface area contributed by atoms with Crippen LogP contribution in [0.3, 0.4) is 0 Å². The van der Waals surface area contributed by atoms with Gasteiger partial charge in [0.25, 0.3) is 0 Å². The highest BCUT2D eigenvalue weighted by Crippen LogP contribution is 2.25. The summed E-state index contributed by atoms with van der Waals surface area (Å²) in [6, 6.07) is 7.43. The summed E-state index contributed by atoms with van der Waals surface area (Å²) in [6.07, 6.45) is 1.49. The molecule has 19 heavy (non-hydrogen) atoms. The van der Waals surface area contributed by atoms with Crippen molar-refractivity contribution in [1.82, 2.24) is 4.98 Å². The molecule has 4 nitrogen and oxygen atoms in total. The van der Waals surface area contributed by atoms with Crippen LogP contribution in [0.2, 0.25) is 15.1 Å². The molecule has 2 N–H and O–H groups in total. The van der Waals surface area contributed by atoms with Gasteiger partial charge in [-0.25, -0.2) is 9.78 Å². The summed E-state index contributed by atoms with van der Waals surface area (Å²) in [5.41, 5.74) is 0.411. The fraction of sp³-hybridized carbons (Fsp3) is 0. The normalized spacial score (nSPS) is 10.1. The number of hydrogen-bond acceptors (Lipinski definition) is 2. The number of anilines is 2. The van der Waals surface area contributed by atoms with Gasteiger partial charge in [0.05, 0.1) is 10.7 Å². The lowest BCUT2D eigenvalue weighted by molar-refractivity contribution is 0.262. The third kappa shape index (κ3) is 3.99. The minimum Gasteiger partial charge on any atom is -0.306 e. The SMILES string of the molecule is O=C(Nc1cc(Cl)ccn1)Nc1cc(Cl)ccc1Cl. The zero-order valence-electron chi connectivity index (χ0n) is 9.45. The van der Waals surface area contributed by atoms with Crippen LogP contribution in [0.15, 0.2) is 36.5 Å². The van der Waals surface area contributed by atoms with Gasteiger partial charge >= 0.3 is 6.03 Å². The molecule has 0 unspecified atom stereocenters. The van der Waals surface area contributed by atoms with Crippen molar-refractivity contribution >= 4 is 52.3 Å². The van der Waals surface area contributed by atoms with Crippen LogP contribution in [0, 0.1) is 0 Å². The van der Waals surface area contributed by atoms with Crippen molar-refractivity contribution in [3.05, 3.63) is 51.6 Å². The van der Waals surface area contributed by atoms with Crippen LogP contribution in [0.4, 0.5) is 16.3 Å². The van der Waals surface area contributed by atoms with Crippen molar-refractivity contribution < 1.29 is 4.79 Å². The van der Waals surface area contributed by atoms with Crippen molar-refractivity contribution in [3.8, 4) is 0 Å². The van der Waals surface area contributed by atoms with Gasteiger partial charge in [0.15, 0.2) is 0 Å². The third-order valence-corrected chi connectivity index (χ3v) is 2.94. The molecule has 2 aromatic rings. The molecule has 0 aliphatic rings. The van der Waals surface area contributed by atoms with E-state index in [4.69, 9.17) is 34.8 Å². The van der Waals surface area contributed by atoms with Crippen molar-refractivity contribution in [2.24, 2.45) is 0 Å². The van der Waals surface area contributed by atoms with E-state index in [1.807, 2.05) is 0 Å². The monoisotopic (exact) mass is 315 g/mol. The highest BCUT2D eigenvalue weighted by Gasteiger charge is 2.07. The number of rotatable bonds is 2. The molecule has 0 bridgehead atoms. The Hall–Kier alpha value is -1.49. The lowest BCUT2D eigenvalue weighted by Crippen LogP contribution is -2.20. The smallest absolute Gasteiger partial charge is 0.306 e. The van der Waals surface area contributed by atoms with Crippen molar-refractivity contribution in [1.29, 1.82) is 0 Å². The van der Waals surface area contributed by atoms with E-state index in [2.05, 4.69) is 15.6 Å². The number of hydrogen-bond donors (Lipinski definition) is 2. The highest BCUT2D eigenvalue weighted by molar-refractivity contribution is 6.35. The minimum atomic E-state index is -0.487. The first-order valence-corrected chi connectivity index (χ1v) is 6.32. The number of nitrogens with zero attached hydrogens (tertiary/aromatic N) is 1. The number of pyridine rings is 1. The average molecular weight is 317 g/mol. The van der Waals surface area contributed by atoms with Gasteiger partial charge in [-0.2, -0.15) is 0 Å². The van der Waals surface area contributed by atoms with E-state index >= 15 is 0 Å². The number of nitrogens with one attached hydrogen (secondary N) is 2. The molecule has 2 rings (SSSR count). The third-order valence-electron chi connectivity index (χ3n) is 2.14. The van der Waals surface area contributed by atoms with Gasteiger partial charge in [-0.3, -0.25) is 5.32 Å². The Morgan fingerprint density at radius 3 is 2.47 bits per heavy atom. The van der Waals surface area contributed by atoms with Gasteiger partial charge in [0.2, 0.25) is 0 Å². The van der Waals surface area contributed by atoms with E-state index in [1.165, 1.54) is 12.3 Å². The van der Waals surface area contributed by atoms with Crippen LogP contribution in [-0.2, 0) is 0 Å². The fourth-order valence-corrected chi connectivity index (χ4v) is 1.83. The number of urea groups is 1. The molecular formula is C12H8Cl3N3O. The summed E-state index contributed by atoms with van der Waals surface area (Å²) >= 11 is 17.5. The maximum Gasteiger partial charge on any atom is 0.324 e. The van der Waals surface area contributed by atoms with E-state index in [1.54, 1.807) is 24.3 Å². The van der Waals surface area contributed by atoms with E-state index < -0.39 is 6.03 Å². The Labute approximate surface area is 124 Å². The number of amides is 2. The van der Waals surface area contributed by atoms with E-state index in [0.29, 0.717) is 26.6 Å². The van der Waals surface area contributed by atoms with Gasteiger partial charge < -0.3 is 5.32 Å². The van der Waals surface area contributed by atoms with Crippen LogP contribution in [0.25, 0.3) is 0 Å². The van der Waals surface area contributed by atoms with Crippen LogP contribution in [0.5, 0.6) is 0 Å². The van der Waals surface area contributed by atoms with Crippen molar-refractivity contribution in [2.75, 3.05) is 10.6 Å². The minimum absolute atomic E-state index is 0.336. The average Bonchev–Trinajstić information content (AvgIpc) is 2.34. The molecule has 0 saturated carbocycles. The van der Waals surface area contributed by atoms with Crippen LogP contribution in [0.1, 0.15) is 0 Å². The predicted octanol–water partition coefficient (Wildman–Crippen LogP) is 4.69. The molecule has 98 valence electrons. The van der Waals surface area contributed by atoms with Crippen molar-refractivity contribution in [2.45, 2.75) is 0 Å². The van der Waals surface area contributed by atoms with E-state index in [0.717, 1.165) is 0 Å². The van der Waals surface area contributed by atoms with Crippen LogP contribution >= 0.6 is 34.8 Å². The lowest BCUT2D eigenvalue weighted by atomic mass is 10.3. The lowest BCUT2D eigenvalue weighted by Gasteiger charge is -2.08. The molecule has 0 aliphatic carbocycles. The molecule has 1 heterocycles. The van der Waals surface area contributed by atoms with E-state index in [-0.39, 0.29) is 0 Å². The Morgan fingerprint density at radius 1 is 1.00 bits per heavy atom. The van der Waals surface area contributed by atoms with Gasteiger partial charge in [0.1, 0.15) is 5.82 Å². The zero-order valence-corrected chi connectivity index (χ0v) is 11.7. The fourth-order valence-electron chi connectivity index (χ4n) is 1.34. The predicted molar refractivity (Wildman–Crippen MR) is 78.4 cm³/mol. The first-order chi connectivity index (χ1) is 9.04. The second-order valence-corrected chi connectivity index (χ2v) is 4.84. The summed E-state index contributed by atoms with van der Waals surface area (Å²) in [6.45, 7) is 0. The molecule has 2 amide bonds. The molecule has 0 atom stereocenters. The number of carbonyl (C=O) groups is 1. The molecule has 0 radical (unpaired) electrons. The highest BCUT2D eigenvalue weighted by atomic mass is 35.5. The molecule has 0 saturated heterocycles. The summed E-state index contributed by atoms with van der Waals surface area (Å²) in [5.74, 6) is 0.336. The van der Waals surface area contributed by atoms with Crippen LogP contribution in [-0.4, -0.2) is 11.0 Å². The maximum absolute atomic E-state index is 11.7. The molecule has 0 aliphatic heterocycles. The number of aromatic nitrogens is 1. The quantitative estimate of drug-likeness (QED) is 0.844. The summed E-state index contributed by atoms with van der Waals surface area (Å²) < 4.78 is 0. The Kier molecular flexibility index (Phi) is 4.47. The molecule has 0 fully saturated rings. The maximum atomic E-state index is 11.7. The molecule has 0 spiro atoms. The second-order valence-electron chi connectivity index (χ2n) is 3.56. The topological polar surface area (TPSA) is 54.0 Å². The summed E-state index contributed by atoms with van der Waals surface area (Å²) in [4.78, 5) is 15.7. The second kappa shape index (κ2) is 6.10. The largest absolute Gasteiger partial charge is 0.324 e. The van der Waals surface area contributed by atoms with Crippen LogP contribution < -0.4 is 10.6 Å². The van der Waals surface area contributed by atoms with E-state index in [9.17, 15) is 4.79 Å². The first kappa shape index (κ1) is 13.9. The first-order valence-electron chi connectivity index (χ1n) is 5.19. The standard InChI is InChI=1S/C12H8Cl3N3O/c13-7-1-2-9(15)10(5-7)17-12(19)18-11-6-8(14)3-4-16-11/h1-6H,(H2,16,17,18,19). The number of halogens is 3. The summed E-state index contributed by atoms with van der Waals surface area (Å²) in [7, 11) is 0. The number of carbonyl (C=O) groups excluding carboxylic acids is 1. The zero-order chi connectivity index (χ0) is 13.8. The van der Waals surface area contributed by atoms with Gasteiger partial charge in [-0.05, 0) is 30.3 Å². The van der Waals surface area contributed by atoms with Gasteiger partial charge in [0, 0.05) is 16.2 Å². The van der Waals surface area contributed by atoms with Crippen molar-refractivity contribution in [3.63, 3.8) is 0 Å². The Balaban J connectivity index is 2.07. The molecular weight excluding hydrogens is 309 g/mol. The molecule has 1 aromatic carbocycles. The molecule has 7 heteroatoms. The van der Waals surface area contributed by atoms with Gasteiger partial charge in [-0.15, -0.1) is 0 Å². The molecule has 1 aromatic heterocycles. The Morgan fingerprint density at radius 2 is 1.74 bits per heavy atom. The summed E-state index contributed by atoms with van der Waals surface area (Å²) in [5, 5.41) is 6.44.